The number of hydrogen-bond acceptors (Lipinski definition) is 5. The Labute approximate surface area is 168 Å². The number of aromatic nitrogens is 2. The Hall–Kier alpha value is -2.43. The lowest BCUT2D eigenvalue weighted by atomic mass is 10.0. The molecule has 1 aromatic carbocycles. The molecule has 1 atom stereocenters. The van der Waals surface area contributed by atoms with Crippen molar-refractivity contribution in [2.24, 2.45) is 0 Å². The fourth-order valence-electron chi connectivity index (χ4n) is 2.59. The van der Waals surface area contributed by atoms with E-state index in [2.05, 4.69) is 44.9 Å². The second kappa shape index (κ2) is 8.72. The number of esters is 1. The van der Waals surface area contributed by atoms with E-state index in [1.165, 1.54) is 7.11 Å². The number of rotatable bonds is 7. The van der Waals surface area contributed by atoms with Crippen LogP contribution < -0.4 is 0 Å². The Morgan fingerprint density at radius 2 is 1.93 bits per heavy atom. The summed E-state index contributed by atoms with van der Waals surface area (Å²) in [5.74, 6) is -0.306. The topological polar surface area (TPSA) is 77.1 Å². The van der Waals surface area contributed by atoms with Gasteiger partial charge in [0, 0.05) is 0 Å². The van der Waals surface area contributed by atoms with E-state index >= 15 is 0 Å². The van der Waals surface area contributed by atoms with Crippen LogP contribution in [-0.4, -0.2) is 30.9 Å². The molecule has 0 fully saturated rings. The van der Waals surface area contributed by atoms with E-state index in [4.69, 9.17) is 14.4 Å². The third-order valence-corrected chi connectivity index (χ3v) is 9.96. The lowest BCUT2D eigenvalue weighted by Gasteiger charge is -2.36. The Bertz CT molecular complexity index is 845. The van der Waals surface area contributed by atoms with Crippen molar-refractivity contribution < 1.29 is 14.0 Å². The van der Waals surface area contributed by atoms with Gasteiger partial charge < -0.3 is 13.7 Å². The minimum Gasteiger partial charge on any atom is -0.469 e. The van der Waals surface area contributed by atoms with Gasteiger partial charge in [-0.2, -0.15) is 5.26 Å². The van der Waals surface area contributed by atoms with Crippen LogP contribution in [0.15, 0.2) is 36.8 Å². The molecule has 28 heavy (non-hydrogen) atoms. The summed E-state index contributed by atoms with van der Waals surface area (Å²) in [6, 6.07) is 9.07. The van der Waals surface area contributed by atoms with Gasteiger partial charge in [0.15, 0.2) is 8.32 Å². The zero-order valence-corrected chi connectivity index (χ0v) is 18.5. The van der Waals surface area contributed by atoms with Gasteiger partial charge in [-0.25, -0.2) is 4.98 Å². The number of benzene rings is 1. The number of carbonyl (C=O) groups is 1. The summed E-state index contributed by atoms with van der Waals surface area (Å²) in [5.41, 5.74) is 2.40. The van der Waals surface area contributed by atoms with Crippen LogP contribution >= 0.6 is 0 Å². The molecule has 6 nitrogen and oxygen atoms in total. The lowest BCUT2D eigenvalue weighted by molar-refractivity contribution is -0.141. The average Bonchev–Trinajstić information content (AvgIpc) is 3.12. The standard InChI is InChI=1S/C21H29N3O3Si/c1-21(2,3)28(5,6)27-14-18-13-23-15-24(18)19(11-20(25)26-4)17-9-7-16(12-22)8-10-17/h7-10,13,15,19H,11,14H2,1-6H3. The summed E-state index contributed by atoms with van der Waals surface area (Å²) in [6.45, 7) is 11.5. The maximum absolute atomic E-state index is 12.0. The minimum absolute atomic E-state index is 0.108. The van der Waals surface area contributed by atoms with Crippen LogP contribution in [0.25, 0.3) is 0 Å². The van der Waals surface area contributed by atoms with E-state index in [1.54, 1.807) is 24.7 Å². The van der Waals surface area contributed by atoms with Crippen LogP contribution in [0.3, 0.4) is 0 Å². The SMILES string of the molecule is COC(=O)CC(c1ccc(C#N)cc1)n1cncc1CO[Si](C)(C)C(C)(C)C. The second-order valence-corrected chi connectivity index (χ2v) is 13.2. The molecular weight excluding hydrogens is 370 g/mol. The lowest BCUT2D eigenvalue weighted by Crippen LogP contribution is -2.40. The van der Waals surface area contributed by atoms with Crippen LogP contribution in [0.1, 0.15) is 50.1 Å². The number of imidazole rings is 1. The van der Waals surface area contributed by atoms with Gasteiger partial charge in [0.05, 0.1) is 56.0 Å². The first-order valence-electron chi connectivity index (χ1n) is 9.30. The van der Waals surface area contributed by atoms with E-state index in [1.807, 2.05) is 16.7 Å². The van der Waals surface area contributed by atoms with E-state index in [9.17, 15) is 4.79 Å². The summed E-state index contributed by atoms with van der Waals surface area (Å²) in [6.07, 6.45) is 3.67. The van der Waals surface area contributed by atoms with Gasteiger partial charge in [-0.1, -0.05) is 32.9 Å². The zero-order valence-electron chi connectivity index (χ0n) is 17.5. The van der Waals surface area contributed by atoms with Gasteiger partial charge in [-0.15, -0.1) is 0 Å². The fraction of sp³-hybridized carbons (Fsp3) is 0.476. The molecule has 0 aliphatic heterocycles. The predicted octanol–water partition coefficient (Wildman–Crippen LogP) is 4.43. The molecule has 1 aromatic heterocycles. The van der Waals surface area contributed by atoms with Crippen molar-refractivity contribution in [1.29, 1.82) is 5.26 Å². The molecule has 0 N–H and O–H groups in total. The molecular formula is C21H29N3O3Si. The quantitative estimate of drug-likeness (QED) is 0.508. The highest BCUT2D eigenvalue weighted by molar-refractivity contribution is 6.74. The average molecular weight is 400 g/mol. The Morgan fingerprint density at radius 1 is 1.29 bits per heavy atom. The molecule has 0 bridgehead atoms. The molecule has 150 valence electrons. The summed E-state index contributed by atoms with van der Waals surface area (Å²) in [4.78, 5) is 16.3. The number of ether oxygens (including phenoxy) is 1. The predicted molar refractivity (Wildman–Crippen MR) is 110 cm³/mol. The Balaban J connectivity index is 2.33. The molecule has 0 saturated heterocycles. The second-order valence-electron chi connectivity index (χ2n) is 8.37. The van der Waals surface area contributed by atoms with Crippen LogP contribution in [-0.2, 0) is 20.6 Å². The molecule has 1 unspecified atom stereocenters. The van der Waals surface area contributed by atoms with Crippen LogP contribution in [0.2, 0.25) is 18.1 Å². The smallest absolute Gasteiger partial charge is 0.307 e. The summed E-state index contributed by atoms with van der Waals surface area (Å²) in [5, 5.41) is 9.15. The first-order valence-corrected chi connectivity index (χ1v) is 12.2. The van der Waals surface area contributed by atoms with E-state index in [0.29, 0.717) is 12.2 Å². The van der Waals surface area contributed by atoms with E-state index in [-0.39, 0.29) is 23.5 Å². The third-order valence-electron chi connectivity index (χ3n) is 5.48. The monoisotopic (exact) mass is 399 g/mol. The minimum atomic E-state index is -1.92. The molecule has 2 rings (SSSR count). The number of methoxy groups -OCH3 is 1. The Kier molecular flexibility index (Phi) is 6.81. The zero-order chi connectivity index (χ0) is 20.9. The molecule has 0 radical (unpaired) electrons. The summed E-state index contributed by atoms with van der Waals surface area (Å²) < 4.78 is 13.2. The summed E-state index contributed by atoms with van der Waals surface area (Å²) >= 11 is 0. The third kappa shape index (κ3) is 5.09. The van der Waals surface area contributed by atoms with Gasteiger partial charge in [0.25, 0.3) is 0 Å². The number of hydrogen-bond donors (Lipinski definition) is 0. The number of nitriles is 1. The first kappa shape index (κ1) is 21.9. The molecule has 0 amide bonds. The van der Waals surface area contributed by atoms with E-state index < -0.39 is 8.32 Å². The van der Waals surface area contributed by atoms with Gasteiger partial charge in [-0.05, 0) is 35.8 Å². The van der Waals surface area contributed by atoms with E-state index in [0.717, 1.165) is 11.3 Å². The maximum Gasteiger partial charge on any atom is 0.307 e. The van der Waals surface area contributed by atoms with Gasteiger partial charge >= 0.3 is 5.97 Å². The van der Waals surface area contributed by atoms with Crippen LogP contribution in [0, 0.1) is 11.3 Å². The molecule has 7 heteroatoms. The Morgan fingerprint density at radius 3 is 2.46 bits per heavy atom. The highest BCUT2D eigenvalue weighted by Gasteiger charge is 2.37. The molecule has 2 aromatic rings. The van der Waals surface area contributed by atoms with Crippen molar-refractivity contribution in [3.05, 3.63) is 53.6 Å². The maximum atomic E-state index is 12.0. The molecule has 0 saturated carbocycles. The van der Waals surface area contributed by atoms with Crippen LogP contribution in [0.4, 0.5) is 0 Å². The van der Waals surface area contributed by atoms with Gasteiger partial charge in [0.1, 0.15) is 0 Å². The van der Waals surface area contributed by atoms with Crippen molar-refractivity contribution in [1.82, 2.24) is 9.55 Å². The fourth-order valence-corrected chi connectivity index (χ4v) is 3.53. The largest absolute Gasteiger partial charge is 0.469 e. The first-order chi connectivity index (χ1) is 13.1. The highest BCUT2D eigenvalue weighted by atomic mass is 28.4. The summed E-state index contributed by atoms with van der Waals surface area (Å²) in [7, 11) is -0.536. The normalized spacial score (nSPS) is 13.0. The number of nitrogens with zero attached hydrogens (tertiary/aromatic N) is 3. The highest BCUT2D eigenvalue weighted by Crippen LogP contribution is 2.37. The van der Waals surface area contributed by atoms with Crippen molar-refractivity contribution >= 4 is 14.3 Å². The van der Waals surface area contributed by atoms with Gasteiger partial charge in [0.2, 0.25) is 0 Å². The number of carbonyl (C=O) groups excluding carboxylic acids is 1. The van der Waals surface area contributed by atoms with Crippen molar-refractivity contribution in [3.8, 4) is 6.07 Å². The molecule has 1 heterocycles. The van der Waals surface area contributed by atoms with Crippen molar-refractivity contribution in [2.75, 3.05) is 7.11 Å². The molecule has 0 aliphatic carbocycles. The van der Waals surface area contributed by atoms with Crippen molar-refractivity contribution in [3.63, 3.8) is 0 Å². The molecule has 0 spiro atoms. The van der Waals surface area contributed by atoms with Gasteiger partial charge in [-0.3, -0.25) is 4.79 Å². The molecule has 0 aliphatic rings. The van der Waals surface area contributed by atoms with Crippen LogP contribution in [0.5, 0.6) is 0 Å². The van der Waals surface area contributed by atoms with Crippen molar-refractivity contribution in [2.45, 2.75) is 58.0 Å².